The van der Waals surface area contributed by atoms with Crippen LogP contribution in [0.5, 0.6) is 0 Å². The smallest absolute Gasteiger partial charge is 0.162 e. The third-order valence-electron chi connectivity index (χ3n) is 3.35. The lowest BCUT2D eigenvalue weighted by molar-refractivity contribution is -0.0390. The van der Waals surface area contributed by atoms with E-state index in [1.54, 1.807) is 0 Å². The molecule has 0 spiro atoms. The van der Waals surface area contributed by atoms with Crippen LogP contribution in [-0.2, 0) is 10.3 Å². The number of anilines is 1. The van der Waals surface area contributed by atoms with Crippen LogP contribution in [0.1, 0.15) is 64.0 Å². The molecule has 0 aliphatic heterocycles. The zero-order chi connectivity index (χ0) is 13.9. The summed E-state index contributed by atoms with van der Waals surface area (Å²) >= 11 is 0. The number of nitrogen functional groups attached to an aromatic ring is 1. The highest BCUT2D eigenvalue weighted by atomic mass is 16.5. The van der Waals surface area contributed by atoms with E-state index in [4.69, 9.17) is 10.5 Å². The quantitative estimate of drug-likeness (QED) is 0.873. The molecule has 102 valence electrons. The number of rotatable bonds is 5. The maximum atomic E-state index is 6.06. The highest BCUT2D eigenvalue weighted by molar-refractivity contribution is 5.44. The molecule has 1 aromatic rings. The van der Waals surface area contributed by atoms with Crippen LogP contribution in [0.15, 0.2) is 0 Å². The van der Waals surface area contributed by atoms with E-state index in [1.807, 2.05) is 20.8 Å². The zero-order valence-corrected chi connectivity index (χ0v) is 12.4. The number of ether oxygens (including phenoxy) is 1. The van der Waals surface area contributed by atoms with Gasteiger partial charge in [0.1, 0.15) is 11.4 Å². The molecule has 1 aromatic heterocycles. The van der Waals surface area contributed by atoms with Crippen molar-refractivity contribution in [1.29, 1.82) is 0 Å². The van der Waals surface area contributed by atoms with E-state index in [0.717, 1.165) is 17.7 Å². The number of hydrogen-bond acceptors (Lipinski definition) is 4. The van der Waals surface area contributed by atoms with Crippen LogP contribution in [0.25, 0.3) is 0 Å². The summed E-state index contributed by atoms with van der Waals surface area (Å²) in [5.41, 5.74) is 7.60. The van der Waals surface area contributed by atoms with Gasteiger partial charge in [0.15, 0.2) is 5.82 Å². The first-order chi connectivity index (χ1) is 8.35. The van der Waals surface area contributed by atoms with Crippen molar-refractivity contribution >= 4 is 5.82 Å². The molecule has 0 bridgehead atoms. The minimum atomic E-state index is -0.455. The van der Waals surface area contributed by atoms with Gasteiger partial charge in [-0.3, -0.25) is 0 Å². The molecule has 1 unspecified atom stereocenters. The number of hydrogen-bond donors (Lipinski definition) is 1. The highest BCUT2D eigenvalue weighted by Crippen LogP contribution is 2.30. The lowest BCUT2D eigenvalue weighted by atomic mass is 9.99. The third kappa shape index (κ3) is 2.80. The molecule has 1 heterocycles. The van der Waals surface area contributed by atoms with Crippen LogP contribution in [0.4, 0.5) is 5.82 Å². The highest BCUT2D eigenvalue weighted by Gasteiger charge is 2.29. The summed E-state index contributed by atoms with van der Waals surface area (Å²) in [7, 11) is 0. The standard InChI is InChI=1S/C14H25N3O/c1-7-14(6,18-8-2)13-16-10(5)11(9(3)4)12(15)17-13/h9H,7-8H2,1-6H3,(H2,15,16,17). The molecular weight excluding hydrogens is 226 g/mol. The van der Waals surface area contributed by atoms with Crippen molar-refractivity contribution in [3.05, 3.63) is 17.1 Å². The molecule has 0 aromatic carbocycles. The minimum Gasteiger partial charge on any atom is -0.383 e. The maximum absolute atomic E-state index is 6.06. The van der Waals surface area contributed by atoms with Crippen LogP contribution in [0, 0.1) is 6.92 Å². The van der Waals surface area contributed by atoms with Crippen LogP contribution >= 0.6 is 0 Å². The second-order valence-corrected chi connectivity index (χ2v) is 5.10. The van der Waals surface area contributed by atoms with Gasteiger partial charge in [-0.25, -0.2) is 9.97 Å². The van der Waals surface area contributed by atoms with Crippen LogP contribution in [0.3, 0.4) is 0 Å². The fraction of sp³-hybridized carbons (Fsp3) is 0.714. The zero-order valence-electron chi connectivity index (χ0n) is 12.4. The molecule has 0 saturated carbocycles. The van der Waals surface area contributed by atoms with Gasteiger partial charge in [0.25, 0.3) is 0 Å². The minimum absolute atomic E-state index is 0.332. The Labute approximate surface area is 110 Å². The Hall–Kier alpha value is -1.16. The first-order valence-corrected chi connectivity index (χ1v) is 6.64. The van der Waals surface area contributed by atoms with Crippen LogP contribution in [0.2, 0.25) is 0 Å². The normalized spacial score (nSPS) is 14.8. The predicted molar refractivity (Wildman–Crippen MR) is 74.5 cm³/mol. The van der Waals surface area contributed by atoms with E-state index in [0.29, 0.717) is 24.2 Å². The molecule has 1 rings (SSSR count). The SMILES string of the molecule is CCOC(C)(CC)c1nc(C)c(C(C)C)c(N)n1. The van der Waals surface area contributed by atoms with Crippen molar-refractivity contribution in [2.24, 2.45) is 0 Å². The van der Waals surface area contributed by atoms with Gasteiger partial charge in [-0.1, -0.05) is 20.8 Å². The number of aryl methyl sites for hydroxylation is 1. The van der Waals surface area contributed by atoms with Gasteiger partial charge in [-0.15, -0.1) is 0 Å². The second kappa shape index (κ2) is 5.65. The molecule has 4 nitrogen and oxygen atoms in total. The summed E-state index contributed by atoms with van der Waals surface area (Å²) in [5.74, 6) is 1.59. The first kappa shape index (κ1) is 14.9. The Balaban J connectivity index is 3.28. The molecule has 2 N–H and O–H groups in total. The number of aromatic nitrogens is 2. The van der Waals surface area contributed by atoms with Crippen molar-refractivity contribution in [2.45, 2.75) is 59.5 Å². The van der Waals surface area contributed by atoms with Gasteiger partial charge >= 0.3 is 0 Å². The van der Waals surface area contributed by atoms with Gasteiger partial charge in [-0.05, 0) is 33.1 Å². The summed E-state index contributed by atoms with van der Waals surface area (Å²) in [5, 5.41) is 0. The van der Waals surface area contributed by atoms with Crippen molar-refractivity contribution in [2.75, 3.05) is 12.3 Å². The molecule has 18 heavy (non-hydrogen) atoms. The van der Waals surface area contributed by atoms with Crippen molar-refractivity contribution in [3.63, 3.8) is 0 Å². The van der Waals surface area contributed by atoms with Crippen LogP contribution < -0.4 is 5.73 Å². The molecular formula is C14H25N3O. The molecule has 0 aliphatic carbocycles. The lowest BCUT2D eigenvalue weighted by Crippen LogP contribution is -2.29. The Morgan fingerprint density at radius 3 is 2.28 bits per heavy atom. The van der Waals surface area contributed by atoms with E-state index in [9.17, 15) is 0 Å². The van der Waals surface area contributed by atoms with Gasteiger partial charge in [0.05, 0.1) is 0 Å². The summed E-state index contributed by atoms with van der Waals surface area (Å²) in [6.07, 6.45) is 0.820. The fourth-order valence-electron chi connectivity index (χ4n) is 2.20. The number of nitrogens with two attached hydrogens (primary N) is 1. The lowest BCUT2D eigenvalue weighted by Gasteiger charge is -2.27. The van der Waals surface area contributed by atoms with Gasteiger partial charge in [-0.2, -0.15) is 0 Å². The maximum Gasteiger partial charge on any atom is 0.162 e. The summed E-state index contributed by atoms with van der Waals surface area (Å²) in [4.78, 5) is 9.06. The average Bonchev–Trinajstić information content (AvgIpc) is 2.27. The molecule has 0 fully saturated rings. The van der Waals surface area contributed by atoms with Crippen LogP contribution in [-0.4, -0.2) is 16.6 Å². The van der Waals surface area contributed by atoms with Gasteiger partial charge in [0, 0.05) is 17.9 Å². The van der Waals surface area contributed by atoms with E-state index < -0.39 is 5.60 Å². The largest absolute Gasteiger partial charge is 0.383 e. The average molecular weight is 251 g/mol. The molecule has 0 amide bonds. The Morgan fingerprint density at radius 1 is 1.28 bits per heavy atom. The summed E-state index contributed by atoms with van der Waals surface area (Å²) in [6, 6.07) is 0. The molecule has 0 saturated heterocycles. The molecule has 4 heteroatoms. The van der Waals surface area contributed by atoms with E-state index in [-0.39, 0.29) is 0 Å². The van der Waals surface area contributed by atoms with E-state index in [1.165, 1.54) is 0 Å². The summed E-state index contributed by atoms with van der Waals surface area (Å²) < 4.78 is 5.79. The third-order valence-corrected chi connectivity index (χ3v) is 3.35. The van der Waals surface area contributed by atoms with E-state index >= 15 is 0 Å². The Morgan fingerprint density at radius 2 is 1.89 bits per heavy atom. The molecule has 0 aliphatic rings. The van der Waals surface area contributed by atoms with Crippen molar-refractivity contribution in [1.82, 2.24) is 9.97 Å². The topological polar surface area (TPSA) is 61.0 Å². The first-order valence-electron chi connectivity index (χ1n) is 6.64. The predicted octanol–water partition coefficient (Wildman–Crippen LogP) is 3.15. The Bertz CT molecular complexity index is 394. The fourth-order valence-corrected chi connectivity index (χ4v) is 2.20. The number of nitrogens with zero attached hydrogens (tertiary/aromatic N) is 2. The van der Waals surface area contributed by atoms with Crippen molar-refractivity contribution < 1.29 is 4.74 Å². The molecule has 0 radical (unpaired) electrons. The van der Waals surface area contributed by atoms with Gasteiger partial charge in [0.2, 0.25) is 0 Å². The van der Waals surface area contributed by atoms with Crippen molar-refractivity contribution in [3.8, 4) is 0 Å². The van der Waals surface area contributed by atoms with E-state index in [2.05, 4.69) is 30.7 Å². The second-order valence-electron chi connectivity index (χ2n) is 5.10. The summed E-state index contributed by atoms with van der Waals surface area (Å²) in [6.45, 7) is 12.9. The molecule has 1 atom stereocenters. The Kier molecular flexibility index (Phi) is 4.68. The van der Waals surface area contributed by atoms with Gasteiger partial charge < -0.3 is 10.5 Å². The monoisotopic (exact) mass is 251 g/mol.